The van der Waals surface area contributed by atoms with Crippen LogP contribution in [0, 0.1) is 11.3 Å². The molecule has 0 saturated carbocycles. The number of aromatic nitrogens is 3. The Morgan fingerprint density at radius 2 is 2.08 bits per heavy atom. The molecule has 0 amide bonds. The molecule has 1 saturated heterocycles. The molecule has 0 atom stereocenters. The number of hydrogen-bond donors (Lipinski definition) is 1. The van der Waals surface area contributed by atoms with Crippen LogP contribution in [0.3, 0.4) is 0 Å². The van der Waals surface area contributed by atoms with Crippen molar-refractivity contribution in [1.82, 2.24) is 15.0 Å². The van der Waals surface area contributed by atoms with Gasteiger partial charge in [0.2, 0.25) is 17.7 Å². The second-order valence-corrected chi connectivity index (χ2v) is 6.25. The number of para-hydroxylation sites is 2. The molecular weight excluding hydrogens is 320 g/mol. The first-order valence-electron chi connectivity index (χ1n) is 7.96. The highest BCUT2D eigenvalue weighted by molar-refractivity contribution is 5.63. The molecule has 0 aliphatic carbocycles. The second-order valence-electron chi connectivity index (χ2n) is 6.25. The molecule has 1 N–H and O–H groups in total. The summed E-state index contributed by atoms with van der Waals surface area (Å²) < 4.78 is 11.0. The van der Waals surface area contributed by atoms with E-state index in [9.17, 15) is 5.26 Å². The van der Waals surface area contributed by atoms with Crippen LogP contribution in [0.2, 0.25) is 0 Å². The van der Waals surface area contributed by atoms with Gasteiger partial charge < -0.3 is 19.7 Å². The van der Waals surface area contributed by atoms with Crippen LogP contribution in [0.25, 0.3) is 0 Å². The summed E-state index contributed by atoms with van der Waals surface area (Å²) in [4.78, 5) is 14.9. The van der Waals surface area contributed by atoms with Crippen LogP contribution in [-0.4, -0.2) is 47.4 Å². The SMILES string of the molecule is COc1ccccc1Nc1nc(C#N)nc(N2CCOC(C)(C)C2)n1. The number of ether oxygens (including phenoxy) is 2. The summed E-state index contributed by atoms with van der Waals surface area (Å²) in [5.41, 5.74) is 0.418. The number of nitrogens with one attached hydrogen (secondary N) is 1. The fourth-order valence-corrected chi connectivity index (χ4v) is 2.67. The number of nitriles is 1. The van der Waals surface area contributed by atoms with Gasteiger partial charge in [0.1, 0.15) is 11.8 Å². The van der Waals surface area contributed by atoms with Crippen LogP contribution in [0.1, 0.15) is 19.7 Å². The van der Waals surface area contributed by atoms with Gasteiger partial charge >= 0.3 is 0 Å². The molecule has 0 unspecified atom stereocenters. The fraction of sp³-hybridized carbons (Fsp3) is 0.412. The van der Waals surface area contributed by atoms with Crippen LogP contribution in [0.15, 0.2) is 24.3 Å². The fourth-order valence-electron chi connectivity index (χ4n) is 2.67. The zero-order valence-electron chi connectivity index (χ0n) is 14.5. The Hall–Kier alpha value is -2.92. The highest BCUT2D eigenvalue weighted by Crippen LogP contribution is 2.27. The minimum Gasteiger partial charge on any atom is -0.495 e. The predicted octanol–water partition coefficient (Wildman–Crippen LogP) is 2.11. The van der Waals surface area contributed by atoms with Gasteiger partial charge in [-0.1, -0.05) is 12.1 Å². The quantitative estimate of drug-likeness (QED) is 0.904. The molecule has 0 bridgehead atoms. The summed E-state index contributed by atoms with van der Waals surface area (Å²) in [6.07, 6.45) is 0. The number of benzene rings is 1. The van der Waals surface area contributed by atoms with Gasteiger partial charge in [0.15, 0.2) is 0 Å². The van der Waals surface area contributed by atoms with Crippen molar-refractivity contribution in [2.45, 2.75) is 19.4 Å². The maximum Gasteiger partial charge on any atom is 0.238 e. The summed E-state index contributed by atoms with van der Waals surface area (Å²) in [5, 5.41) is 12.4. The maximum atomic E-state index is 9.26. The first-order chi connectivity index (χ1) is 12.0. The van der Waals surface area contributed by atoms with E-state index >= 15 is 0 Å². The average molecular weight is 340 g/mol. The summed E-state index contributed by atoms with van der Waals surface area (Å²) in [7, 11) is 1.59. The number of hydrogen-bond acceptors (Lipinski definition) is 8. The molecule has 1 aliphatic rings. The Balaban J connectivity index is 1.92. The lowest BCUT2D eigenvalue weighted by molar-refractivity contribution is -0.0281. The normalized spacial score (nSPS) is 16.2. The van der Waals surface area contributed by atoms with Gasteiger partial charge in [0.25, 0.3) is 0 Å². The average Bonchev–Trinajstić information content (AvgIpc) is 2.61. The zero-order chi connectivity index (χ0) is 17.9. The Morgan fingerprint density at radius 1 is 1.28 bits per heavy atom. The van der Waals surface area contributed by atoms with Gasteiger partial charge in [0, 0.05) is 13.1 Å². The predicted molar refractivity (Wildman–Crippen MR) is 93.1 cm³/mol. The smallest absolute Gasteiger partial charge is 0.238 e. The Morgan fingerprint density at radius 3 is 2.80 bits per heavy atom. The highest BCUT2D eigenvalue weighted by Gasteiger charge is 2.29. The Kier molecular flexibility index (Phi) is 4.67. The molecule has 0 radical (unpaired) electrons. The van der Waals surface area contributed by atoms with E-state index in [-0.39, 0.29) is 11.4 Å². The molecule has 25 heavy (non-hydrogen) atoms. The summed E-state index contributed by atoms with van der Waals surface area (Å²) >= 11 is 0. The first kappa shape index (κ1) is 16.9. The monoisotopic (exact) mass is 340 g/mol. The standard InChI is InChI=1S/C17H20N6O2/c1-17(2)11-23(8-9-25-17)16-21-14(10-18)20-15(22-16)19-12-6-4-5-7-13(12)24-3/h4-7H,8-9,11H2,1-3H3,(H,19,20,21,22). The van der Waals surface area contributed by atoms with E-state index < -0.39 is 0 Å². The van der Waals surface area contributed by atoms with E-state index in [1.165, 1.54) is 0 Å². The molecule has 8 heteroatoms. The van der Waals surface area contributed by atoms with Crippen molar-refractivity contribution in [3.05, 3.63) is 30.1 Å². The van der Waals surface area contributed by atoms with Gasteiger partial charge in [-0.2, -0.15) is 20.2 Å². The Bertz CT molecular complexity index is 802. The van der Waals surface area contributed by atoms with Crippen molar-refractivity contribution < 1.29 is 9.47 Å². The van der Waals surface area contributed by atoms with Crippen LogP contribution in [0.4, 0.5) is 17.6 Å². The molecule has 1 fully saturated rings. The van der Waals surface area contributed by atoms with E-state index in [1.807, 2.05) is 49.1 Å². The third-order valence-corrected chi connectivity index (χ3v) is 3.79. The van der Waals surface area contributed by atoms with E-state index in [0.717, 1.165) is 0 Å². The van der Waals surface area contributed by atoms with E-state index in [4.69, 9.17) is 9.47 Å². The molecule has 1 aromatic carbocycles. The minimum absolute atomic E-state index is 0.0618. The number of morpholine rings is 1. The van der Waals surface area contributed by atoms with Gasteiger partial charge in [-0.25, -0.2) is 0 Å². The molecule has 2 aromatic rings. The molecule has 1 aliphatic heterocycles. The Labute approximate surface area is 146 Å². The van der Waals surface area contributed by atoms with Crippen LogP contribution < -0.4 is 15.0 Å². The molecular formula is C17H20N6O2. The van der Waals surface area contributed by atoms with Crippen LogP contribution in [-0.2, 0) is 4.74 Å². The van der Waals surface area contributed by atoms with Crippen molar-refractivity contribution in [1.29, 1.82) is 5.26 Å². The molecule has 1 aromatic heterocycles. The van der Waals surface area contributed by atoms with Gasteiger partial charge in [-0.05, 0) is 26.0 Å². The van der Waals surface area contributed by atoms with Gasteiger partial charge in [-0.15, -0.1) is 0 Å². The topological polar surface area (TPSA) is 96.2 Å². The number of rotatable bonds is 4. The number of nitrogens with zero attached hydrogens (tertiary/aromatic N) is 5. The van der Waals surface area contributed by atoms with Crippen LogP contribution >= 0.6 is 0 Å². The lowest BCUT2D eigenvalue weighted by atomic mass is 10.1. The van der Waals surface area contributed by atoms with Gasteiger partial charge in [0.05, 0.1) is 25.0 Å². The highest BCUT2D eigenvalue weighted by atomic mass is 16.5. The summed E-state index contributed by atoms with van der Waals surface area (Å²) in [6.45, 7) is 5.90. The zero-order valence-corrected chi connectivity index (χ0v) is 14.5. The molecule has 3 rings (SSSR count). The largest absolute Gasteiger partial charge is 0.495 e. The molecule has 8 nitrogen and oxygen atoms in total. The molecule has 0 spiro atoms. The lowest BCUT2D eigenvalue weighted by Crippen LogP contribution is -2.49. The first-order valence-corrected chi connectivity index (χ1v) is 7.96. The van der Waals surface area contributed by atoms with E-state index in [0.29, 0.717) is 43.0 Å². The molecule has 130 valence electrons. The van der Waals surface area contributed by atoms with Crippen molar-refractivity contribution >= 4 is 17.6 Å². The summed E-state index contributed by atoms with van der Waals surface area (Å²) in [6, 6.07) is 9.43. The van der Waals surface area contributed by atoms with Crippen molar-refractivity contribution in [3.8, 4) is 11.8 Å². The van der Waals surface area contributed by atoms with E-state index in [1.54, 1.807) is 7.11 Å². The van der Waals surface area contributed by atoms with Crippen molar-refractivity contribution in [2.75, 3.05) is 37.0 Å². The van der Waals surface area contributed by atoms with Crippen LogP contribution in [0.5, 0.6) is 5.75 Å². The minimum atomic E-state index is -0.298. The lowest BCUT2D eigenvalue weighted by Gasteiger charge is -2.38. The molecule has 2 heterocycles. The van der Waals surface area contributed by atoms with Gasteiger partial charge in [-0.3, -0.25) is 0 Å². The number of anilines is 3. The maximum absolute atomic E-state index is 9.26. The van der Waals surface area contributed by atoms with Crippen molar-refractivity contribution in [2.24, 2.45) is 0 Å². The second kappa shape index (κ2) is 6.91. The third kappa shape index (κ3) is 3.95. The third-order valence-electron chi connectivity index (χ3n) is 3.79. The number of methoxy groups -OCH3 is 1. The van der Waals surface area contributed by atoms with E-state index in [2.05, 4.69) is 20.3 Å². The summed E-state index contributed by atoms with van der Waals surface area (Å²) in [5.74, 6) is 1.48. The van der Waals surface area contributed by atoms with Crippen molar-refractivity contribution in [3.63, 3.8) is 0 Å².